The van der Waals surface area contributed by atoms with E-state index in [9.17, 15) is 13.2 Å². The minimum atomic E-state index is -3.91. The quantitative estimate of drug-likeness (QED) is 0.280. The molecule has 1 atom stereocenters. The number of ether oxygens (including phenoxy) is 1. The fourth-order valence-electron chi connectivity index (χ4n) is 5.08. The molecule has 4 aromatic rings. The summed E-state index contributed by atoms with van der Waals surface area (Å²) >= 11 is 0. The summed E-state index contributed by atoms with van der Waals surface area (Å²) < 4.78 is 34.9. The van der Waals surface area contributed by atoms with E-state index >= 15 is 0 Å². The minimum absolute atomic E-state index is 0.199. The molecule has 0 aromatic heterocycles. The van der Waals surface area contributed by atoms with Gasteiger partial charge in [-0.15, -0.1) is 0 Å². The second-order valence-corrected chi connectivity index (χ2v) is 10.8. The van der Waals surface area contributed by atoms with E-state index in [1.165, 1.54) is 4.31 Å². The first-order valence-corrected chi connectivity index (χ1v) is 13.0. The number of hydrogen-bond donors (Lipinski definition) is 0. The number of benzene rings is 4. The smallest absolute Gasteiger partial charge is 0.342 e. The number of para-hydroxylation sites is 1. The maximum absolute atomic E-state index is 13.9. The van der Waals surface area contributed by atoms with Crippen LogP contribution in [0.1, 0.15) is 29.0 Å². The highest BCUT2D eigenvalue weighted by atomic mass is 32.2. The van der Waals surface area contributed by atoms with Gasteiger partial charge in [-0.3, -0.25) is 4.31 Å². The molecule has 0 N–H and O–H groups in total. The molecule has 0 aliphatic carbocycles. The Hall–Kier alpha value is -3.90. The van der Waals surface area contributed by atoms with Crippen molar-refractivity contribution in [3.63, 3.8) is 0 Å². The largest absolute Gasteiger partial charge is 0.423 e. The molecule has 0 radical (unpaired) electrons. The van der Waals surface area contributed by atoms with Crippen molar-refractivity contribution in [2.75, 3.05) is 6.54 Å². The lowest BCUT2D eigenvalue weighted by atomic mass is 9.81. The average Bonchev–Trinajstić information content (AvgIpc) is 2.88. The Bertz CT molecular complexity index is 1620. The fourth-order valence-corrected chi connectivity index (χ4v) is 6.61. The molecule has 6 heteroatoms. The number of carbonyl (C=O) groups excluding carboxylic acids is 1. The first kappa shape index (κ1) is 21.6. The predicted molar refractivity (Wildman–Crippen MR) is 135 cm³/mol. The van der Waals surface area contributed by atoms with Crippen molar-refractivity contribution < 1.29 is 17.9 Å². The van der Waals surface area contributed by atoms with E-state index in [4.69, 9.17) is 4.74 Å². The van der Waals surface area contributed by atoms with Gasteiger partial charge in [0.25, 0.3) is 10.0 Å². The van der Waals surface area contributed by atoms with Crippen molar-refractivity contribution in [1.29, 1.82) is 0 Å². The zero-order valence-electron chi connectivity index (χ0n) is 19.1. The standard InChI is InChI=1S/C29H23NO4S/c1-19-10-14-23(15-11-19)35(32,33)30-17-16-25-24-8-4-5-9-26(24)34-29(31)27(25)28(30)22-13-12-20-6-2-3-7-21(20)18-22/h2-15,18,25H,16-17H2,1H3/t25-/m0/s1. The van der Waals surface area contributed by atoms with Crippen LogP contribution in [-0.2, 0) is 14.8 Å². The van der Waals surface area contributed by atoms with Crippen molar-refractivity contribution in [3.05, 3.63) is 113 Å². The van der Waals surface area contributed by atoms with Crippen molar-refractivity contribution >= 4 is 32.5 Å². The zero-order chi connectivity index (χ0) is 24.2. The van der Waals surface area contributed by atoms with Gasteiger partial charge in [-0.25, -0.2) is 13.2 Å². The summed E-state index contributed by atoms with van der Waals surface area (Å²) in [6, 6.07) is 28.0. The van der Waals surface area contributed by atoms with E-state index in [0.29, 0.717) is 29.0 Å². The second kappa shape index (κ2) is 8.10. The zero-order valence-corrected chi connectivity index (χ0v) is 20.0. The summed E-state index contributed by atoms with van der Waals surface area (Å²) in [5, 5.41) is 2.01. The molecule has 0 fully saturated rings. The van der Waals surface area contributed by atoms with Gasteiger partial charge in [0.05, 0.1) is 16.2 Å². The van der Waals surface area contributed by atoms with Gasteiger partial charge < -0.3 is 4.74 Å². The number of rotatable bonds is 3. The van der Waals surface area contributed by atoms with Crippen LogP contribution in [0.4, 0.5) is 0 Å². The third-order valence-electron chi connectivity index (χ3n) is 6.82. The fraction of sp³-hybridized carbons (Fsp3) is 0.138. The van der Waals surface area contributed by atoms with E-state index in [-0.39, 0.29) is 17.4 Å². The van der Waals surface area contributed by atoms with Crippen LogP contribution in [0.25, 0.3) is 16.5 Å². The number of fused-ring (bicyclic) bond motifs is 4. The Kier molecular flexibility index (Phi) is 5.00. The van der Waals surface area contributed by atoms with Gasteiger partial charge in [0, 0.05) is 23.6 Å². The van der Waals surface area contributed by atoms with Crippen LogP contribution in [0.3, 0.4) is 0 Å². The predicted octanol–water partition coefficient (Wildman–Crippen LogP) is 5.66. The molecule has 174 valence electrons. The Morgan fingerprint density at radius 1 is 0.857 bits per heavy atom. The number of nitrogens with zero attached hydrogens (tertiary/aromatic N) is 1. The molecular formula is C29H23NO4S. The third kappa shape index (κ3) is 3.53. The summed E-state index contributed by atoms with van der Waals surface area (Å²) in [7, 11) is -3.91. The Morgan fingerprint density at radius 3 is 2.37 bits per heavy atom. The van der Waals surface area contributed by atoms with Crippen LogP contribution < -0.4 is 4.74 Å². The summed E-state index contributed by atoms with van der Waals surface area (Å²) in [6.45, 7) is 2.17. The van der Waals surface area contributed by atoms with Crippen LogP contribution in [0.2, 0.25) is 0 Å². The molecule has 6 rings (SSSR count). The molecule has 0 saturated heterocycles. The number of aryl methyl sites for hydroxylation is 1. The summed E-state index contributed by atoms with van der Waals surface area (Å²) in [5.41, 5.74) is 3.35. The highest BCUT2D eigenvalue weighted by molar-refractivity contribution is 7.89. The molecule has 2 heterocycles. The van der Waals surface area contributed by atoms with Gasteiger partial charge in [-0.1, -0.05) is 72.3 Å². The minimum Gasteiger partial charge on any atom is -0.423 e. The van der Waals surface area contributed by atoms with Gasteiger partial charge >= 0.3 is 5.97 Å². The second-order valence-electron chi connectivity index (χ2n) is 8.98. The third-order valence-corrected chi connectivity index (χ3v) is 8.64. The molecule has 0 unspecified atom stereocenters. The van der Waals surface area contributed by atoms with Crippen molar-refractivity contribution in [2.45, 2.75) is 24.2 Å². The Labute approximate surface area is 204 Å². The maximum Gasteiger partial charge on any atom is 0.342 e. The lowest BCUT2D eigenvalue weighted by molar-refractivity contribution is -0.131. The lowest BCUT2D eigenvalue weighted by Crippen LogP contribution is -2.40. The van der Waals surface area contributed by atoms with Crippen LogP contribution in [0, 0.1) is 6.92 Å². The molecule has 4 aromatic carbocycles. The number of sulfonamides is 1. The van der Waals surface area contributed by atoms with Gasteiger partial charge in [0.2, 0.25) is 0 Å². The molecule has 35 heavy (non-hydrogen) atoms. The monoisotopic (exact) mass is 481 g/mol. The maximum atomic E-state index is 13.9. The van der Waals surface area contributed by atoms with Crippen LogP contribution in [-0.4, -0.2) is 25.2 Å². The van der Waals surface area contributed by atoms with E-state index in [1.807, 2.05) is 67.6 Å². The summed E-state index contributed by atoms with van der Waals surface area (Å²) in [5.74, 6) is -0.196. The van der Waals surface area contributed by atoms with Crippen LogP contribution in [0.15, 0.2) is 101 Å². The summed E-state index contributed by atoms with van der Waals surface area (Å²) in [4.78, 5) is 13.6. The van der Waals surface area contributed by atoms with Crippen molar-refractivity contribution in [1.82, 2.24) is 4.31 Å². The van der Waals surface area contributed by atoms with Crippen molar-refractivity contribution in [2.24, 2.45) is 0 Å². The molecule has 2 aliphatic heterocycles. The van der Waals surface area contributed by atoms with Gasteiger partial charge in [0.1, 0.15) is 5.75 Å². The van der Waals surface area contributed by atoms with E-state index in [0.717, 1.165) is 21.9 Å². The Balaban J connectivity index is 1.61. The first-order valence-electron chi connectivity index (χ1n) is 11.6. The van der Waals surface area contributed by atoms with Gasteiger partial charge in [-0.2, -0.15) is 0 Å². The molecule has 0 saturated carbocycles. The molecule has 0 amide bonds. The van der Waals surface area contributed by atoms with Gasteiger partial charge in [-0.05, 0) is 48.4 Å². The molecule has 0 bridgehead atoms. The SMILES string of the molecule is Cc1ccc(S(=O)(=O)N2CC[C@@H]3C(=C2c2ccc4ccccc4c2)C(=O)Oc2ccccc23)cc1. The number of hydrogen-bond acceptors (Lipinski definition) is 4. The molecule has 0 spiro atoms. The Morgan fingerprint density at radius 2 is 1.57 bits per heavy atom. The highest BCUT2D eigenvalue weighted by Gasteiger charge is 2.43. The normalized spacial score (nSPS) is 17.7. The molecule has 2 aliphatic rings. The van der Waals surface area contributed by atoms with Crippen LogP contribution in [0.5, 0.6) is 5.75 Å². The lowest BCUT2D eigenvalue weighted by Gasteiger charge is -2.39. The molecular weight excluding hydrogens is 458 g/mol. The topological polar surface area (TPSA) is 63.7 Å². The van der Waals surface area contributed by atoms with Gasteiger partial charge in [0.15, 0.2) is 0 Å². The highest BCUT2D eigenvalue weighted by Crippen LogP contribution is 2.47. The van der Waals surface area contributed by atoms with Crippen LogP contribution >= 0.6 is 0 Å². The number of carbonyl (C=O) groups is 1. The van der Waals surface area contributed by atoms with E-state index in [1.54, 1.807) is 30.3 Å². The van der Waals surface area contributed by atoms with E-state index in [2.05, 4.69) is 0 Å². The first-order chi connectivity index (χ1) is 16.9. The average molecular weight is 482 g/mol. The van der Waals surface area contributed by atoms with E-state index < -0.39 is 16.0 Å². The summed E-state index contributed by atoms with van der Waals surface area (Å²) in [6.07, 6.45) is 0.490. The molecule has 5 nitrogen and oxygen atoms in total. The van der Waals surface area contributed by atoms with Crippen molar-refractivity contribution in [3.8, 4) is 5.75 Å². The number of esters is 1.